The highest BCUT2D eigenvalue weighted by molar-refractivity contribution is 7.89. The van der Waals surface area contributed by atoms with Gasteiger partial charge < -0.3 is 9.47 Å². The van der Waals surface area contributed by atoms with Gasteiger partial charge in [-0.1, -0.05) is 29.8 Å². The van der Waals surface area contributed by atoms with E-state index in [9.17, 15) is 13.2 Å². The van der Waals surface area contributed by atoms with E-state index in [2.05, 4.69) is 9.71 Å². The normalized spacial score (nSPS) is 12.2. The third-order valence-corrected chi connectivity index (χ3v) is 6.35. The van der Waals surface area contributed by atoms with Crippen LogP contribution in [0.1, 0.15) is 24.0 Å². The average molecular weight is 475 g/mol. The van der Waals surface area contributed by atoms with Crippen LogP contribution in [0.2, 0.25) is 5.02 Å². The van der Waals surface area contributed by atoms with Crippen molar-refractivity contribution in [2.45, 2.75) is 24.2 Å². The first-order chi connectivity index (χ1) is 15.4. The number of aromatic nitrogens is 1. The van der Waals surface area contributed by atoms with E-state index in [1.54, 1.807) is 43.6 Å². The summed E-state index contributed by atoms with van der Waals surface area (Å²) in [6.45, 7) is 2.08. The van der Waals surface area contributed by atoms with Crippen LogP contribution in [0, 0.1) is 0 Å². The molecule has 0 aliphatic rings. The zero-order valence-electron chi connectivity index (χ0n) is 17.4. The lowest BCUT2D eigenvalue weighted by Gasteiger charge is -2.19. The molecule has 32 heavy (non-hydrogen) atoms. The number of nitrogens with zero attached hydrogens (tertiary/aromatic N) is 1. The zero-order chi connectivity index (χ0) is 23.0. The molecule has 1 atom stereocenters. The van der Waals surface area contributed by atoms with E-state index in [4.69, 9.17) is 21.1 Å². The van der Waals surface area contributed by atoms with Gasteiger partial charge >= 0.3 is 6.16 Å². The van der Waals surface area contributed by atoms with E-state index in [0.29, 0.717) is 17.2 Å². The number of carbonyl (C=O) groups is 1. The minimum absolute atomic E-state index is 0.139. The molecule has 0 saturated carbocycles. The van der Waals surface area contributed by atoms with Crippen molar-refractivity contribution in [2.24, 2.45) is 0 Å². The van der Waals surface area contributed by atoms with Crippen molar-refractivity contribution in [3.05, 3.63) is 89.2 Å². The molecule has 0 bridgehead atoms. The number of benzene rings is 2. The third kappa shape index (κ3) is 6.78. The molecule has 1 aromatic heterocycles. The number of rotatable bonds is 9. The Hall–Kier alpha value is -2.94. The summed E-state index contributed by atoms with van der Waals surface area (Å²) >= 11 is 5.86. The van der Waals surface area contributed by atoms with Crippen LogP contribution in [0.4, 0.5) is 4.79 Å². The Morgan fingerprint density at radius 1 is 1.09 bits per heavy atom. The van der Waals surface area contributed by atoms with E-state index < -0.39 is 16.2 Å². The summed E-state index contributed by atoms with van der Waals surface area (Å²) in [4.78, 5) is 15.8. The molecule has 1 heterocycles. The second-order valence-electron chi connectivity index (χ2n) is 6.92. The minimum atomic E-state index is -3.71. The second kappa shape index (κ2) is 11.1. The summed E-state index contributed by atoms with van der Waals surface area (Å²) in [6, 6.07) is 16.7. The molecular weight excluding hydrogens is 452 g/mol. The number of halogens is 1. The van der Waals surface area contributed by atoms with Crippen LogP contribution in [0.5, 0.6) is 5.75 Å². The predicted octanol–water partition coefficient (Wildman–Crippen LogP) is 4.58. The first kappa shape index (κ1) is 23.7. The van der Waals surface area contributed by atoms with Gasteiger partial charge in [0.25, 0.3) is 0 Å². The average Bonchev–Trinajstić information content (AvgIpc) is 2.78. The van der Waals surface area contributed by atoms with Crippen molar-refractivity contribution < 1.29 is 22.7 Å². The fraction of sp³-hybridized carbons (Fsp3) is 0.217. The number of pyridine rings is 1. The fourth-order valence-electron chi connectivity index (χ4n) is 3.07. The van der Waals surface area contributed by atoms with E-state index >= 15 is 0 Å². The number of ether oxygens (including phenoxy) is 2. The molecule has 0 aliphatic carbocycles. The summed E-state index contributed by atoms with van der Waals surface area (Å²) in [5, 5.41) is 0.462. The molecule has 168 valence electrons. The summed E-state index contributed by atoms with van der Waals surface area (Å²) in [6.07, 6.45) is 3.22. The molecular formula is C23H23ClN2O5S. The molecule has 3 rings (SSSR count). The molecule has 0 spiro atoms. The van der Waals surface area contributed by atoms with Crippen LogP contribution in [0.3, 0.4) is 0 Å². The molecule has 7 nitrogen and oxygen atoms in total. The molecule has 1 N–H and O–H groups in total. The molecule has 9 heteroatoms. The van der Waals surface area contributed by atoms with Crippen LogP contribution in [-0.4, -0.2) is 32.7 Å². The van der Waals surface area contributed by atoms with Gasteiger partial charge in [-0.2, -0.15) is 0 Å². The van der Waals surface area contributed by atoms with Crippen molar-refractivity contribution >= 4 is 27.8 Å². The Labute approximate surface area is 192 Å². The molecule has 0 amide bonds. The van der Waals surface area contributed by atoms with Crippen molar-refractivity contribution in [3.8, 4) is 5.75 Å². The molecule has 0 saturated heterocycles. The predicted molar refractivity (Wildman–Crippen MR) is 121 cm³/mol. The lowest BCUT2D eigenvalue weighted by molar-refractivity contribution is 0.104. The van der Waals surface area contributed by atoms with Crippen LogP contribution in [0.25, 0.3) is 0 Å². The highest BCUT2D eigenvalue weighted by atomic mass is 35.5. The Balaban J connectivity index is 1.77. The molecule has 0 radical (unpaired) electrons. The SMILES string of the molecule is CCOC(=O)Oc1ccc(C(CNS(=O)(=O)c2ccc(Cl)cc2)Cc2cccnc2)cc1. The first-order valence-electron chi connectivity index (χ1n) is 9.96. The summed E-state index contributed by atoms with van der Waals surface area (Å²) in [7, 11) is -3.71. The van der Waals surface area contributed by atoms with Gasteiger partial charge in [-0.05, 0) is 66.9 Å². The highest BCUT2D eigenvalue weighted by Gasteiger charge is 2.19. The minimum Gasteiger partial charge on any atom is -0.434 e. The molecule has 0 aliphatic heterocycles. The van der Waals surface area contributed by atoms with Crippen molar-refractivity contribution in [1.82, 2.24) is 9.71 Å². The number of sulfonamides is 1. The number of carbonyl (C=O) groups excluding carboxylic acids is 1. The standard InChI is InChI=1S/C23H23ClN2O5S/c1-2-30-23(27)31-21-9-5-18(6-10-21)19(14-17-4-3-13-25-15-17)16-26-32(28,29)22-11-7-20(24)8-12-22/h3-13,15,19,26H,2,14,16H2,1H3. The van der Waals surface area contributed by atoms with Crippen molar-refractivity contribution in [1.29, 1.82) is 0 Å². The topological polar surface area (TPSA) is 94.6 Å². The van der Waals surface area contributed by atoms with Gasteiger partial charge in [-0.3, -0.25) is 4.98 Å². The number of nitrogens with one attached hydrogen (secondary N) is 1. The quantitative estimate of drug-likeness (QED) is 0.360. The smallest absolute Gasteiger partial charge is 0.434 e. The van der Waals surface area contributed by atoms with Crippen LogP contribution >= 0.6 is 11.6 Å². The third-order valence-electron chi connectivity index (χ3n) is 4.66. The Kier molecular flexibility index (Phi) is 8.21. The summed E-state index contributed by atoms with van der Waals surface area (Å²) in [5.41, 5.74) is 1.85. The van der Waals surface area contributed by atoms with E-state index in [1.807, 2.05) is 12.1 Å². The van der Waals surface area contributed by atoms with Gasteiger partial charge in [0.2, 0.25) is 10.0 Å². The van der Waals surface area contributed by atoms with Gasteiger partial charge in [-0.25, -0.2) is 17.9 Å². The van der Waals surface area contributed by atoms with Gasteiger partial charge in [0.1, 0.15) is 5.75 Å². The lowest BCUT2D eigenvalue weighted by atomic mass is 9.93. The fourth-order valence-corrected chi connectivity index (χ4v) is 4.28. The Morgan fingerprint density at radius 2 is 1.81 bits per heavy atom. The van der Waals surface area contributed by atoms with Gasteiger partial charge in [-0.15, -0.1) is 0 Å². The summed E-state index contributed by atoms with van der Waals surface area (Å²) in [5.74, 6) is 0.159. The van der Waals surface area contributed by atoms with E-state index in [0.717, 1.165) is 11.1 Å². The lowest BCUT2D eigenvalue weighted by Crippen LogP contribution is -2.29. The highest BCUT2D eigenvalue weighted by Crippen LogP contribution is 2.24. The van der Waals surface area contributed by atoms with Gasteiger partial charge in [0, 0.05) is 29.9 Å². The largest absolute Gasteiger partial charge is 0.513 e. The van der Waals surface area contributed by atoms with Crippen LogP contribution in [0.15, 0.2) is 78.0 Å². The maximum absolute atomic E-state index is 12.7. The van der Waals surface area contributed by atoms with E-state index in [1.165, 1.54) is 24.3 Å². The summed E-state index contributed by atoms with van der Waals surface area (Å²) < 4.78 is 38.0. The Morgan fingerprint density at radius 3 is 2.44 bits per heavy atom. The maximum atomic E-state index is 12.7. The maximum Gasteiger partial charge on any atom is 0.513 e. The monoisotopic (exact) mass is 474 g/mol. The first-order valence-corrected chi connectivity index (χ1v) is 11.8. The van der Waals surface area contributed by atoms with Gasteiger partial charge in [0.05, 0.1) is 11.5 Å². The molecule has 0 fully saturated rings. The van der Waals surface area contributed by atoms with Crippen LogP contribution < -0.4 is 9.46 Å². The second-order valence-corrected chi connectivity index (χ2v) is 9.13. The molecule has 2 aromatic carbocycles. The Bertz CT molecular complexity index is 1120. The molecule has 3 aromatic rings. The van der Waals surface area contributed by atoms with Crippen molar-refractivity contribution in [2.75, 3.05) is 13.2 Å². The number of hydrogen-bond acceptors (Lipinski definition) is 6. The van der Waals surface area contributed by atoms with Gasteiger partial charge in [0.15, 0.2) is 0 Å². The number of hydrogen-bond donors (Lipinski definition) is 1. The molecule has 1 unspecified atom stereocenters. The zero-order valence-corrected chi connectivity index (χ0v) is 19.0. The van der Waals surface area contributed by atoms with Crippen LogP contribution in [-0.2, 0) is 21.2 Å². The van der Waals surface area contributed by atoms with Crippen molar-refractivity contribution in [3.63, 3.8) is 0 Å². The van der Waals surface area contributed by atoms with E-state index in [-0.39, 0.29) is 24.0 Å².